The Hall–Kier alpha value is -5.74. The Morgan fingerprint density at radius 3 is 1.95 bits per heavy atom. The topological polar surface area (TPSA) is 42.3 Å². The summed E-state index contributed by atoms with van der Waals surface area (Å²) in [5.41, 5.74) is 9.58. The minimum atomic E-state index is -0.316. The molecule has 0 radical (unpaired) electrons. The second-order valence-corrected chi connectivity index (χ2v) is 11.0. The summed E-state index contributed by atoms with van der Waals surface area (Å²) in [4.78, 5) is 29.2. The number of hydrogen-bond donors (Lipinski definition) is 0. The predicted molar refractivity (Wildman–Crippen MR) is 174 cm³/mol. The Labute approximate surface area is 249 Å². The average Bonchev–Trinajstić information content (AvgIpc) is 3.52. The third-order valence-electron chi connectivity index (χ3n) is 8.39. The van der Waals surface area contributed by atoms with Gasteiger partial charge >= 0.3 is 0 Å². The van der Waals surface area contributed by atoms with Crippen molar-refractivity contribution in [2.24, 2.45) is 0 Å². The van der Waals surface area contributed by atoms with E-state index >= 15 is 0 Å². The van der Waals surface area contributed by atoms with Gasteiger partial charge in [0.05, 0.1) is 33.5 Å². The highest BCUT2D eigenvalue weighted by Gasteiger charge is 2.39. The Kier molecular flexibility index (Phi) is 5.63. The number of aromatic nitrogens is 1. The van der Waals surface area contributed by atoms with Gasteiger partial charge in [0.1, 0.15) is 0 Å². The van der Waals surface area contributed by atoms with Gasteiger partial charge < -0.3 is 4.57 Å². The first-order valence-electron chi connectivity index (χ1n) is 14.4. The summed E-state index contributed by atoms with van der Waals surface area (Å²) in [5, 5.41) is 2.19. The van der Waals surface area contributed by atoms with Crippen LogP contribution in [0.25, 0.3) is 49.7 Å². The number of imide groups is 1. The fourth-order valence-corrected chi connectivity index (χ4v) is 6.36. The number of nitrogens with zero attached hydrogens (tertiary/aromatic N) is 2. The average molecular weight is 555 g/mol. The van der Waals surface area contributed by atoms with E-state index in [9.17, 15) is 9.59 Å². The lowest BCUT2D eigenvalue weighted by molar-refractivity contribution is 0.0926. The van der Waals surface area contributed by atoms with Crippen LogP contribution in [0, 0.1) is 6.92 Å². The maximum Gasteiger partial charge on any atom is 0.268 e. The third-order valence-corrected chi connectivity index (χ3v) is 8.39. The summed E-state index contributed by atoms with van der Waals surface area (Å²) in [6, 6.07) is 46.4. The standard InChI is InChI=1S/C39H26N2O2/c1-25-9-7-12-28(23-25)29-19-22-32-31-13-5-6-15-34(31)41(36(32)24-29)35-16-8-14-33-37(35)39(43)40(38(33)42)30-20-17-27(18-21-30)26-10-3-2-4-11-26/h2-24H,1H3. The number of aryl methyl sites for hydroxylation is 1. The van der Waals surface area contributed by atoms with Gasteiger partial charge in [-0.25, -0.2) is 4.90 Å². The van der Waals surface area contributed by atoms with Crippen LogP contribution in [0.2, 0.25) is 0 Å². The van der Waals surface area contributed by atoms with Crippen LogP contribution < -0.4 is 4.90 Å². The van der Waals surface area contributed by atoms with Gasteiger partial charge in [-0.2, -0.15) is 0 Å². The molecule has 2 amide bonds. The van der Waals surface area contributed by atoms with Gasteiger partial charge in [-0.15, -0.1) is 0 Å². The van der Waals surface area contributed by atoms with E-state index in [1.54, 1.807) is 6.07 Å². The molecule has 0 spiro atoms. The Balaban J connectivity index is 1.29. The maximum atomic E-state index is 14.2. The molecule has 43 heavy (non-hydrogen) atoms. The molecule has 0 bridgehead atoms. The third kappa shape index (κ3) is 3.92. The monoisotopic (exact) mass is 554 g/mol. The molecule has 0 unspecified atom stereocenters. The van der Waals surface area contributed by atoms with Gasteiger partial charge in [0, 0.05) is 10.8 Å². The smallest absolute Gasteiger partial charge is 0.268 e. The van der Waals surface area contributed by atoms with Crippen LogP contribution in [0.5, 0.6) is 0 Å². The minimum absolute atomic E-state index is 0.310. The van der Waals surface area contributed by atoms with Crippen molar-refractivity contribution < 1.29 is 9.59 Å². The maximum absolute atomic E-state index is 14.2. The van der Waals surface area contributed by atoms with Gasteiger partial charge in [0.15, 0.2) is 0 Å². The van der Waals surface area contributed by atoms with Crippen molar-refractivity contribution in [3.8, 4) is 27.9 Å². The van der Waals surface area contributed by atoms with Crippen molar-refractivity contribution in [2.45, 2.75) is 6.92 Å². The first-order valence-corrected chi connectivity index (χ1v) is 14.4. The number of para-hydroxylation sites is 1. The van der Waals surface area contributed by atoms with E-state index in [0.29, 0.717) is 22.5 Å². The van der Waals surface area contributed by atoms with E-state index in [-0.39, 0.29) is 11.8 Å². The Bertz CT molecular complexity index is 2230. The number of anilines is 1. The molecule has 0 atom stereocenters. The molecule has 6 aromatic carbocycles. The minimum Gasteiger partial charge on any atom is -0.308 e. The van der Waals surface area contributed by atoms with Gasteiger partial charge in [-0.05, 0) is 65.6 Å². The number of fused-ring (bicyclic) bond motifs is 4. The molecule has 0 fully saturated rings. The number of rotatable bonds is 4. The number of hydrogen-bond acceptors (Lipinski definition) is 2. The molecule has 0 aliphatic carbocycles. The van der Waals surface area contributed by atoms with Crippen LogP contribution in [0.1, 0.15) is 26.3 Å². The molecule has 4 heteroatoms. The van der Waals surface area contributed by atoms with E-state index in [1.165, 1.54) is 10.5 Å². The van der Waals surface area contributed by atoms with Crippen molar-refractivity contribution in [1.82, 2.24) is 4.57 Å². The van der Waals surface area contributed by atoms with Gasteiger partial charge in [-0.3, -0.25) is 9.59 Å². The summed E-state index contributed by atoms with van der Waals surface area (Å²) < 4.78 is 2.13. The molecule has 1 aliphatic rings. The molecule has 0 saturated heterocycles. The SMILES string of the molecule is Cc1cccc(-c2ccc3c4ccccc4n(-c4cccc5c4C(=O)N(c4ccc(-c6ccccc6)cc4)C5=O)c3c2)c1. The fourth-order valence-electron chi connectivity index (χ4n) is 6.36. The van der Waals surface area contributed by atoms with Gasteiger partial charge in [0.25, 0.3) is 11.8 Å². The van der Waals surface area contributed by atoms with Crippen LogP contribution in [0.15, 0.2) is 140 Å². The lowest BCUT2D eigenvalue weighted by Gasteiger charge is -2.15. The Morgan fingerprint density at radius 2 is 1.14 bits per heavy atom. The highest BCUT2D eigenvalue weighted by molar-refractivity contribution is 6.35. The van der Waals surface area contributed by atoms with Crippen molar-refractivity contribution in [1.29, 1.82) is 0 Å². The molecule has 1 aliphatic heterocycles. The molecular weight excluding hydrogens is 528 g/mol. The normalized spacial score (nSPS) is 12.8. The fraction of sp³-hybridized carbons (Fsp3) is 0.0256. The van der Waals surface area contributed by atoms with Crippen LogP contribution in [-0.2, 0) is 0 Å². The van der Waals surface area contributed by atoms with Gasteiger partial charge in [-0.1, -0.05) is 109 Å². The molecule has 204 valence electrons. The Morgan fingerprint density at radius 1 is 0.488 bits per heavy atom. The highest BCUT2D eigenvalue weighted by atomic mass is 16.2. The van der Waals surface area contributed by atoms with Crippen molar-refractivity contribution in [3.63, 3.8) is 0 Å². The van der Waals surface area contributed by atoms with Crippen LogP contribution >= 0.6 is 0 Å². The van der Waals surface area contributed by atoms with E-state index in [4.69, 9.17) is 0 Å². The first kappa shape index (κ1) is 25.0. The summed E-state index contributed by atoms with van der Waals surface area (Å²) in [5.74, 6) is -0.626. The molecule has 1 aromatic heterocycles. The zero-order valence-corrected chi connectivity index (χ0v) is 23.5. The first-order chi connectivity index (χ1) is 21.1. The molecule has 0 N–H and O–H groups in total. The van der Waals surface area contributed by atoms with Crippen molar-refractivity contribution >= 4 is 39.3 Å². The van der Waals surface area contributed by atoms with Crippen LogP contribution in [0.4, 0.5) is 5.69 Å². The number of amides is 2. The second-order valence-electron chi connectivity index (χ2n) is 11.0. The summed E-state index contributed by atoms with van der Waals surface area (Å²) >= 11 is 0. The van der Waals surface area contributed by atoms with Crippen molar-refractivity contribution in [3.05, 3.63) is 156 Å². The zero-order valence-electron chi connectivity index (χ0n) is 23.5. The van der Waals surface area contributed by atoms with E-state index < -0.39 is 0 Å². The van der Waals surface area contributed by atoms with Gasteiger partial charge in [0.2, 0.25) is 0 Å². The summed E-state index contributed by atoms with van der Waals surface area (Å²) in [6.07, 6.45) is 0. The lowest BCUT2D eigenvalue weighted by Crippen LogP contribution is -2.29. The van der Waals surface area contributed by atoms with Crippen LogP contribution in [0.3, 0.4) is 0 Å². The largest absolute Gasteiger partial charge is 0.308 e. The predicted octanol–water partition coefficient (Wildman–Crippen LogP) is 9.23. The van der Waals surface area contributed by atoms with Crippen molar-refractivity contribution in [2.75, 3.05) is 4.90 Å². The van der Waals surface area contributed by atoms with E-state index in [2.05, 4.69) is 66.1 Å². The zero-order chi connectivity index (χ0) is 29.1. The molecule has 8 rings (SSSR count). The molecular formula is C39H26N2O2. The summed E-state index contributed by atoms with van der Waals surface area (Å²) in [7, 11) is 0. The van der Waals surface area contributed by atoms with E-state index in [1.807, 2.05) is 78.9 Å². The molecule has 0 saturated carbocycles. The highest BCUT2D eigenvalue weighted by Crippen LogP contribution is 2.39. The molecule has 4 nitrogen and oxygen atoms in total. The molecule has 2 heterocycles. The molecule has 7 aromatic rings. The number of carbonyl (C=O) groups is 2. The summed E-state index contributed by atoms with van der Waals surface area (Å²) in [6.45, 7) is 2.09. The number of benzene rings is 6. The lowest BCUT2D eigenvalue weighted by atomic mass is 10.0. The van der Waals surface area contributed by atoms with Crippen LogP contribution in [-0.4, -0.2) is 16.4 Å². The number of carbonyl (C=O) groups excluding carboxylic acids is 2. The second kappa shape index (κ2) is 9.68. The quantitative estimate of drug-likeness (QED) is 0.204. The van der Waals surface area contributed by atoms with E-state index in [0.717, 1.165) is 44.1 Å².